The van der Waals surface area contributed by atoms with Crippen LogP contribution in [0.1, 0.15) is 28.5 Å². The Hall–Kier alpha value is -3.72. The average molecular weight is 466 g/mol. The van der Waals surface area contributed by atoms with E-state index >= 15 is 0 Å². The summed E-state index contributed by atoms with van der Waals surface area (Å²) < 4.78 is 43.4. The highest BCUT2D eigenvalue weighted by molar-refractivity contribution is 5.79. The van der Waals surface area contributed by atoms with Crippen molar-refractivity contribution in [1.82, 2.24) is 20.3 Å². The molecule has 2 N–H and O–H groups in total. The van der Waals surface area contributed by atoms with Gasteiger partial charge in [0.2, 0.25) is 0 Å². The van der Waals surface area contributed by atoms with E-state index in [1.54, 1.807) is 18.5 Å². The average Bonchev–Trinajstić information content (AvgIpc) is 3.41. The smallest absolute Gasteiger partial charge is 0.449 e. The third-order valence-corrected chi connectivity index (χ3v) is 6.07. The summed E-state index contributed by atoms with van der Waals surface area (Å²) in [5.41, 5.74) is 6.79. The zero-order valence-electron chi connectivity index (χ0n) is 18.2. The number of carbonyl (C=O) groups excluding carboxylic acids is 1. The van der Waals surface area contributed by atoms with E-state index < -0.39 is 24.3 Å². The van der Waals surface area contributed by atoms with E-state index in [-0.39, 0.29) is 0 Å². The molecule has 2 atom stereocenters. The minimum absolute atomic E-state index is 0.413. The van der Waals surface area contributed by atoms with Crippen LogP contribution in [0.25, 0.3) is 22.3 Å². The molecule has 9 heteroatoms. The maximum absolute atomic E-state index is 12.8. The maximum Gasteiger partial charge on any atom is 0.490 e. The fraction of sp³-hybridized carbons (Fsp3) is 0.240. The van der Waals surface area contributed by atoms with Crippen molar-refractivity contribution < 1.29 is 22.7 Å². The molecule has 0 radical (unpaired) electrons. The summed E-state index contributed by atoms with van der Waals surface area (Å²) in [5.74, 6) is -2.18. The van der Waals surface area contributed by atoms with Gasteiger partial charge in [-0.05, 0) is 41.7 Å². The topological polar surface area (TPSA) is 79.9 Å². The van der Waals surface area contributed by atoms with E-state index in [2.05, 4.69) is 20.3 Å². The Labute approximate surface area is 193 Å². The van der Waals surface area contributed by atoms with Gasteiger partial charge in [0.05, 0.1) is 17.9 Å². The van der Waals surface area contributed by atoms with E-state index in [0.29, 0.717) is 24.2 Å². The first kappa shape index (κ1) is 22.1. The molecule has 2 unspecified atom stereocenters. The lowest BCUT2D eigenvalue weighted by atomic mass is 10.0. The molecular formula is C25H21F3N4O2. The number of aromatic nitrogens is 3. The number of esters is 1. The van der Waals surface area contributed by atoms with Crippen molar-refractivity contribution in [3.8, 4) is 11.1 Å². The number of hydrogen-bond donors (Lipinski definition) is 2. The molecule has 0 saturated heterocycles. The normalized spacial score (nSPS) is 17.6. The van der Waals surface area contributed by atoms with Gasteiger partial charge in [-0.15, -0.1) is 0 Å². The number of fused-ring (bicyclic) bond motifs is 2. The van der Waals surface area contributed by atoms with Gasteiger partial charge in [-0.2, -0.15) is 13.2 Å². The number of aromatic amines is 1. The quantitative estimate of drug-likeness (QED) is 0.414. The molecule has 34 heavy (non-hydrogen) atoms. The predicted octanol–water partition coefficient (Wildman–Crippen LogP) is 4.79. The minimum Gasteiger partial charge on any atom is -0.449 e. The van der Waals surface area contributed by atoms with Gasteiger partial charge in [0.15, 0.2) is 5.65 Å². The molecule has 2 heterocycles. The molecule has 1 aliphatic carbocycles. The Morgan fingerprint density at radius 1 is 1.18 bits per heavy atom. The van der Waals surface area contributed by atoms with Gasteiger partial charge in [0.25, 0.3) is 0 Å². The van der Waals surface area contributed by atoms with Crippen molar-refractivity contribution in [2.24, 2.45) is 0 Å². The molecule has 0 spiro atoms. The Kier molecular flexibility index (Phi) is 5.57. The Morgan fingerprint density at radius 3 is 2.71 bits per heavy atom. The summed E-state index contributed by atoms with van der Waals surface area (Å²) in [6, 6.07) is 16.5. The van der Waals surface area contributed by atoms with E-state index in [1.807, 2.05) is 49.4 Å². The van der Waals surface area contributed by atoms with E-state index in [4.69, 9.17) is 4.74 Å². The van der Waals surface area contributed by atoms with Gasteiger partial charge in [0, 0.05) is 17.8 Å². The molecular weight excluding hydrogens is 445 g/mol. The van der Waals surface area contributed by atoms with Crippen LogP contribution in [0.4, 0.5) is 13.2 Å². The summed E-state index contributed by atoms with van der Waals surface area (Å²) in [4.78, 5) is 23.3. The summed E-state index contributed by atoms with van der Waals surface area (Å²) in [6.07, 6.45) is -3.96. The number of aryl methyl sites for hydroxylation is 1. The predicted molar refractivity (Wildman–Crippen MR) is 120 cm³/mol. The van der Waals surface area contributed by atoms with Gasteiger partial charge in [-0.1, -0.05) is 48.5 Å². The molecule has 0 amide bonds. The number of nitrogens with zero attached hydrogens (tertiary/aromatic N) is 2. The Balaban J connectivity index is 1.31. The molecule has 6 nitrogen and oxygen atoms in total. The van der Waals surface area contributed by atoms with Crippen molar-refractivity contribution in [2.75, 3.05) is 0 Å². The highest BCUT2D eigenvalue weighted by Crippen LogP contribution is 2.36. The van der Waals surface area contributed by atoms with Crippen LogP contribution >= 0.6 is 0 Å². The van der Waals surface area contributed by atoms with Gasteiger partial charge >= 0.3 is 12.1 Å². The van der Waals surface area contributed by atoms with Crippen LogP contribution in [-0.2, 0) is 22.5 Å². The standard InChI is InChI=1S/C25H21F3N4O2/c1-14-19(11-21-23(32-14)31-13-30-21)16-8-6-15(7-9-16)12-29-20-10-17-4-2-3-5-18(17)22(20)34-24(33)25(26,27)28/h2-9,11,13,20,22,29H,10,12H2,1H3,(H,30,31,32). The summed E-state index contributed by atoms with van der Waals surface area (Å²) in [5, 5.41) is 3.27. The van der Waals surface area contributed by atoms with Crippen molar-refractivity contribution >= 4 is 17.1 Å². The zero-order chi connectivity index (χ0) is 23.9. The van der Waals surface area contributed by atoms with Crippen molar-refractivity contribution in [3.05, 3.63) is 83.3 Å². The molecule has 0 fully saturated rings. The molecule has 0 bridgehead atoms. The van der Waals surface area contributed by atoms with Gasteiger partial charge in [0.1, 0.15) is 6.10 Å². The van der Waals surface area contributed by atoms with Gasteiger partial charge < -0.3 is 15.0 Å². The Morgan fingerprint density at radius 2 is 1.94 bits per heavy atom. The summed E-state index contributed by atoms with van der Waals surface area (Å²) in [6.45, 7) is 2.34. The fourth-order valence-corrected chi connectivity index (χ4v) is 4.37. The third kappa shape index (κ3) is 4.26. The zero-order valence-corrected chi connectivity index (χ0v) is 18.2. The largest absolute Gasteiger partial charge is 0.490 e. The fourth-order valence-electron chi connectivity index (χ4n) is 4.37. The number of halogens is 3. The summed E-state index contributed by atoms with van der Waals surface area (Å²) >= 11 is 0. The lowest BCUT2D eigenvalue weighted by Gasteiger charge is -2.23. The molecule has 5 rings (SSSR count). The number of alkyl halides is 3. The van der Waals surface area contributed by atoms with Gasteiger partial charge in [-0.3, -0.25) is 0 Å². The minimum atomic E-state index is -5.04. The van der Waals surface area contributed by atoms with E-state index in [9.17, 15) is 18.0 Å². The van der Waals surface area contributed by atoms with Crippen molar-refractivity contribution in [3.63, 3.8) is 0 Å². The summed E-state index contributed by atoms with van der Waals surface area (Å²) in [7, 11) is 0. The first-order valence-electron chi connectivity index (χ1n) is 10.8. The molecule has 2 aromatic carbocycles. The van der Waals surface area contributed by atoms with Crippen molar-refractivity contribution in [2.45, 2.75) is 38.2 Å². The number of rotatable bonds is 5. The highest BCUT2D eigenvalue weighted by atomic mass is 19.4. The molecule has 1 aliphatic rings. The number of benzene rings is 2. The second-order valence-corrected chi connectivity index (χ2v) is 8.31. The van der Waals surface area contributed by atoms with Crippen LogP contribution in [0.5, 0.6) is 0 Å². The Bertz CT molecular complexity index is 1350. The number of ether oxygens (including phenoxy) is 1. The highest BCUT2D eigenvalue weighted by Gasteiger charge is 2.45. The molecule has 0 saturated carbocycles. The monoisotopic (exact) mass is 466 g/mol. The lowest BCUT2D eigenvalue weighted by Crippen LogP contribution is -2.37. The van der Waals surface area contributed by atoms with Crippen LogP contribution in [0, 0.1) is 6.92 Å². The number of pyridine rings is 1. The number of imidazole rings is 1. The van der Waals surface area contributed by atoms with Crippen LogP contribution < -0.4 is 5.32 Å². The number of hydrogen-bond acceptors (Lipinski definition) is 5. The van der Waals surface area contributed by atoms with Gasteiger partial charge in [-0.25, -0.2) is 14.8 Å². The third-order valence-electron chi connectivity index (χ3n) is 6.07. The number of H-pyrrole nitrogens is 1. The SMILES string of the molecule is Cc1nc2nc[nH]c2cc1-c1ccc(CNC2Cc3ccccc3C2OC(=O)C(F)(F)F)cc1. The van der Waals surface area contributed by atoms with E-state index in [1.165, 1.54) is 0 Å². The number of carbonyl (C=O) groups is 1. The van der Waals surface area contributed by atoms with Crippen LogP contribution in [-0.4, -0.2) is 33.1 Å². The molecule has 0 aliphatic heterocycles. The van der Waals surface area contributed by atoms with Crippen LogP contribution in [0.3, 0.4) is 0 Å². The molecule has 4 aromatic rings. The van der Waals surface area contributed by atoms with Crippen LogP contribution in [0.2, 0.25) is 0 Å². The second kappa shape index (κ2) is 8.57. The lowest BCUT2D eigenvalue weighted by molar-refractivity contribution is -0.206. The first-order valence-corrected chi connectivity index (χ1v) is 10.8. The first-order chi connectivity index (χ1) is 16.3. The van der Waals surface area contributed by atoms with Crippen LogP contribution in [0.15, 0.2) is 60.9 Å². The maximum atomic E-state index is 12.8. The second-order valence-electron chi connectivity index (χ2n) is 8.31. The molecule has 2 aromatic heterocycles. The number of nitrogens with one attached hydrogen (secondary N) is 2. The molecule has 174 valence electrons. The van der Waals surface area contributed by atoms with Crippen molar-refractivity contribution in [1.29, 1.82) is 0 Å². The van der Waals surface area contributed by atoms with E-state index in [0.717, 1.165) is 33.5 Å².